The summed E-state index contributed by atoms with van der Waals surface area (Å²) in [6.07, 6.45) is -1.59. The lowest BCUT2D eigenvalue weighted by Gasteiger charge is -2.23. The van der Waals surface area contributed by atoms with Crippen molar-refractivity contribution in [1.29, 1.82) is 0 Å². The maximum Gasteiger partial charge on any atom is 0.417 e. The fourth-order valence-corrected chi connectivity index (χ4v) is 2.55. The van der Waals surface area contributed by atoms with Crippen LogP contribution >= 0.6 is 0 Å². The van der Waals surface area contributed by atoms with E-state index in [9.17, 15) is 18.0 Å². The molecular formula is C20H19F3N2O2. The third kappa shape index (κ3) is 5.30. The largest absolute Gasteiger partial charge is 0.466 e. The predicted octanol–water partition coefficient (Wildman–Crippen LogP) is 4.13. The van der Waals surface area contributed by atoms with Crippen LogP contribution in [-0.4, -0.2) is 22.5 Å². The van der Waals surface area contributed by atoms with Gasteiger partial charge >= 0.3 is 12.1 Å². The molecule has 0 saturated carbocycles. The average molecular weight is 376 g/mol. The number of benzene rings is 1. The quantitative estimate of drug-likeness (QED) is 0.595. The highest BCUT2D eigenvalue weighted by Gasteiger charge is 2.33. The highest BCUT2D eigenvalue weighted by molar-refractivity contribution is 5.71. The first-order valence-electron chi connectivity index (χ1n) is 8.30. The van der Waals surface area contributed by atoms with Gasteiger partial charge < -0.3 is 4.74 Å². The number of hydrogen-bond donors (Lipinski definition) is 0. The Hall–Kier alpha value is -2.88. The number of hydrogen-bond acceptors (Lipinski definition) is 4. The Labute approximate surface area is 155 Å². The second-order valence-corrected chi connectivity index (χ2v) is 6.41. The molecule has 0 spiro atoms. The molecule has 7 heteroatoms. The summed E-state index contributed by atoms with van der Waals surface area (Å²) in [5, 5.41) is 0. The van der Waals surface area contributed by atoms with Gasteiger partial charge in [-0.05, 0) is 25.0 Å². The second kappa shape index (κ2) is 8.21. The van der Waals surface area contributed by atoms with E-state index in [0.29, 0.717) is 5.69 Å². The van der Waals surface area contributed by atoms with Gasteiger partial charge in [0, 0.05) is 23.4 Å². The van der Waals surface area contributed by atoms with Crippen molar-refractivity contribution in [3.05, 3.63) is 59.2 Å². The number of alkyl halides is 3. The zero-order valence-corrected chi connectivity index (χ0v) is 15.2. The van der Waals surface area contributed by atoms with E-state index >= 15 is 0 Å². The SMILES string of the molecule is CCOC(=O)CC(C)(C)c1nccnc1C#Cc1ccccc1C(F)(F)F. The van der Waals surface area contributed by atoms with Crippen LogP contribution in [0.15, 0.2) is 36.7 Å². The van der Waals surface area contributed by atoms with E-state index in [0.717, 1.165) is 6.07 Å². The van der Waals surface area contributed by atoms with Crippen molar-refractivity contribution < 1.29 is 22.7 Å². The Kier molecular flexibility index (Phi) is 6.21. The summed E-state index contributed by atoms with van der Waals surface area (Å²) < 4.78 is 44.3. The first-order valence-corrected chi connectivity index (χ1v) is 8.30. The average Bonchev–Trinajstić information content (AvgIpc) is 2.59. The van der Waals surface area contributed by atoms with E-state index in [4.69, 9.17) is 4.74 Å². The number of halogens is 3. The number of rotatable bonds is 4. The molecule has 4 nitrogen and oxygen atoms in total. The summed E-state index contributed by atoms with van der Waals surface area (Å²) in [4.78, 5) is 20.2. The van der Waals surface area contributed by atoms with E-state index in [1.54, 1.807) is 20.8 Å². The summed E-state index contributed by atoms with van der Waals surface area (Å²) in [6, 6.07) is 5.08. The molecule has 142 valence electrons. The Balaban J connectivity index is 2.42. The van der Waals surface area contributed by atoms with Crippen molar-refractivity contribution in [2.45, 2.75) is 38.8 Å². The molecule has 0 unspecified atom stereocenters. The first kappa shape index (κ1) is 20.4. The molecule has 1 aromatic carbocycles. The molecule has 0 aliphatic heterocycles. The van der Waals surface area contributed by atoms with Crippen LogP contribution in [0.25, 0.3) is 0 Å². The minimum absolute atomic E-state index is 0.0490. The third-order valence-electron chi connectivity index (χ3n) is 3.78. The number of nitrogens with zero attached hydrogens (tertiary/aromatic N) is 2. The van der Waals surface area contributed by atoms with Crippen molar-refractivity contribution in [2.75, 3.05) is 6.61 Å². The molecule has 0 amide bonds. The Morgan fingerprint density at radius 3 is 2.44 bits per heavy atom. The van der Waals surface area contributed by atoms with Crippen LogP contribution in [0.1, 0.15) is 49.7 Å². The van der Waals surface area contributed by atoms with Crippen LogP contribution in [0.5, 0.6) is 0 Å². The molecule has 2 aromatic rings. The summed E-state index contributed by atoms with van der Waals surface area (Å²) in [6.45, 7) is 5.53. The van der Waals surface area contributed by atoms with Crippen molar-refractivity contribution >= 4 is 5.97 Å². The molecule has 0 aliphatic rings. The zero-order chi connectivity index (χ0) is 20.1. The maximum absolute atomic E-state index is 13.1. The number of carbonyl (C=O) groups excluding carboxylic acids is 1. The molecule has 1 heterocycles. The van der Waals surface area contributed by atoms with Crippen LogP contribution in [0.4, 0.5) is 13.2 Å². The second-order valence-electron chi connectivity index (χ2n) is 6.41. The summed E-state index contributed by atoms with van der Waals surface area (Å²) in [5.41, 5.74) is -1.05. The molecule has 2 rings (SSSR count). The van der Waals surface area contributed by atoms with Crippen LogP contribution in [0.3, 0.4) is 0 Å². The number of esters is 1. The third-order valence-corrected chi connectivity index (χ3v) is 3.78. The fraction of sp³-hybridized carbons (Fsp3) is 0.350. The van der Waals surface area contributed by atoms with Gasteiger partial charge in [-0.15, -0.1) is 0 Å². The van der Waals surface area contributed by atoms with Crippen molar-refractivity contribution in [3.63, 3.8) is 0 Å². The molecular weight excluding hydrogens is 357 g/mol. The molecule has 27 heavy (non-hydrogen) atoms. The highest BCUT2D eigenvalue weighted by Crippen LogP contribution is 2.31. The lowest BCUT2D eigenvalue weighted by molar-refractivity contribution is -0.144. The van der Waals surface area contributed by atoms with E-state index in [1.165, 1.54) is 30.6 Å². The lowest BCUT2D eigenvalue weighted by atomic mass is 9.84. The van der Waals surface area contributed by atoms with Gasteiger partial charge in [0.05, 0.1) is 24.3 Å². The Bertz CT molecular complexity index is 881. The van der Waals surface area contributed by atoms with Gasteiger partial charge in [-0.3, -0.25) is 9.78 Å². The van der Waals surface area contributed by atoms with Gasteiger partial charge in [-0.25, -0.2) is 4.98 Å². The van der Waals surface area contributed by atoms with E-state index in [1.807, 2.05) is 0 Å². The Morgan fingerprint density at radius 1 is 1.11 bits per heavy atom. The van der Waals surface area contributed by atoms with Gasteiger partial charge in [0.25, 0.3) is 0 Å². The van der Waals surface area contributed by atoms with E-state index in [2.05, 4.69) is 21.8 Å². The van der Waals surface area contributed by atoms with Crippen molar-refractivity contribution in [3.8, 4) is 11.8 Å². The van der Waals surface area contributed by atoms with Gasteiger partial charge in [-0.2, -0.15) is 13.2 Å². The van der Waals surface area contributed by atoms with Crippen LogP contribution < -0.4 is 0 Å². The minimum Gasteiger partial charge on any atom is -0.466 e. The first-order chi connectivity index (χ1) is 12.6. The normalized spacial score (nSPS) is 11.5. The molecule has 0 radical (unpaired) electrons. The zero-order valence-electron chi connectivity index (χ0n) is 15.2. The van der Waals surface area contributed by atoms with Crippen LogP contribution in [0.2, 0.25) is 0 Å². The minimum atomic E-state index is -4.50. The summed E-state index contributed by atoms with van der Waals surface area (Å²) in [5.74, 6) is 4.82. The summed E-state index contributed by atoms with van der Waals surface area (Å²) >= 11 is 0. The topological polar surface area (TPSA) is 52.1 Å². The molecule has 0 aliphatic carbocycles. The van der Waals surface area contributed by atoms with Crippen molar-refractivity contribution in [1.82, 2.24) is 9.97 Å². The molecule has 0 fully saturated rings. The number of aromatic nitrogens is 2. The molecule has 0 bridgehead atoms. The molecule has 0 atom stereocenters. The lowest BCUT2D eigenvalue weighted by Crippen LogP contribution is -2.26. The van der Waals surface area contributed by atoms with E-state index < -0.39 is 23.1 Å². The number of ether oxygens (including phenoxy) is 1. The standard InChI is InChI=1S/C20H19F3N2O2/c1-4-27-17(26)13-19(2,3)18-16(24-11-12-25-18)10-9-14-7-5-6-8-15(14)20(21,22)23/h5-8,11-12H,4,13H2,1-3H3. The van der Waals surface area contributed by atoms with Crippen LogP contribution in [-0.2, 0) is 21.1 Å². The maximum atomic E-state index is 13.1. The molecule has 1 aromatic heterocycles. The predicted molar refractivity (Wildman–Crippen MR) is 93.7 cm³/mol. The van der Waals surface area contributed by atoms with Gasteiger partial charge in [-0.1, -0.05) is 31.9 Å². The van der Waals surface area contributed by atoms with Crippen LogP contribution in [0, 0.1) is 11.8 Å². The van der Waals surface area contributed by atoms with Gasteiger partial charge in [0.15, 0.2) is 0 Å². The van der Waals surface area contributed by atoms with Crippen molar-refractivity contribution in [2.24, 2.45) is 0 Å². The smallest absolute Gasteiger partial charge is 0.417 e. The highest BCUT2D eigenvalue weighted by atomic mass is 19.4. The van der Waals surface area contributed by atoms with Gasteiger partial charge in [0.2, 0.25) is 0 Å². The van der Waals surface area contributed by atoms with E-state index in [-0.39, 0.29) is 24.3 Å². The van der Waals surface area contributed by atoms with Gasteiger partial charge in [0.1, 0.15) is 5.69 Å². The number of carbonyl (C=O) groups is 1. The summed E-state index contributed by atoms with van der Waals surface area (Å²) in [7, 11) is 0. The molecule has 0 N–H and O–H groups in total. The molecule has 0 saturated heterocycles. The monoisotopic (exact) mass is 376 g/mol. The fourth-order valence-electron chi connectivity index (χ4n) is 2.55. The Morgan fingerprint density at radius 2 is 1.78 bits per heavy atom.